The molecule has 1 saturated carbocycles. The second kappa shape index (κ2) is 9.54. The molecular weight excluding hydrogens is 468 g/mol. The van der Waals surface area contributed by atoms with Crippen LogP contribution in [0.3, 0.4) is 0 Å². The minimum absolute atomic E-state index is 0.0314. The van der Waals surface area contributed by atoms with Crippen LogP contribution in [0.1, 0.15) is 36.6 Å². The zero-order chi connectivity index (χ0) is 23.8. The third kappa shape index (κ3) is 4.77. The van der Waals surface area contributed by atoms with Gasteiger partial charge in [-0.3, -0.25) is 19.0 Å². The van der Waals surface area contributed by atoms with Gasteiger partial charge in [0.25, 0.3) is 5.56 Å². The number of benzene rings is 1. The zero-order valence-electron chi connectivity index (χ0n) is 19.4. The molecule has 0 saturated heterocycles. The molecule has 3 aromatic rings. The van der Waals surface area contributed by atoms with Crippen LogP contribution in [0.5, 0.6) is 0 Å². The number of aryl methyl sites for hydroxylation is 1. The number of nitrogens with one attached hydrogen (secondary N) is 1. The van der Waals surface area contributed by atoms with Gasteiger partial charge in [0.1, 0.15) is 4.83 Å². The normalized spacial score (nSPS) is 17.4. The molecule has 0 radical (unpaired) electrons. The van der Waals surface area contributed by atoms with E-state index in [1.54, 1.807) is 23.0 Å². The van der Waals surface area contributed by atoms with Gasteiger partial charge in [-0.25, -0.2) is 4.98 Å². The molecule has 0 unspecified atom stereocenters. The summed E-state index contributed by atoms with van der Waals surface area (Å²) in [5, 5.41) is 4.12. The summed E-state index contributed by atoms with van der Waals surface area (Å²) in [6.07, 6.45) is 4.98. The molecule has 0 bridgehead atoms. The van der Waals surface area contributed by atoms with Crippen LogP contribution in [0.15, 0.2) is 40.3 Å². The third-order valence-corrected chi connectivity index (χ3v) is 8.46. The topological polar surface area (TPSA) is 84.3 Å². The number of para-hydroxylation sites is 1. The SMILES string of the molecule is C[C@@H]1CCc2c(sc3nc(SCC(=O)N(C)CC(=O)NC4CC4)n(-c4ccccc4)c(=O)c23)C1. The number of carbonyl (C=O) groups excluding carboxylic acids is 2. The van der Waals surface area contributed by atoms with Crippen molar-refractivity contribution in [3.63, 3.8) is 0 Å². The van der Waals surface area contributed by atoms with E-state index >= 15 is 0 Å². The van der Waals surface area contributed by atoms with E-state index in [-0.39, 0.29) is 35.7 Å². The molecule has 178 valence electrons. The largest absolute Gasteiger partial charge is 0.352 e. The van der Waals surface area contributed by atoms with Crippen molar-refractivity contribution in [1.82, 2.24) is 19.8 Å². The van der Waals surface area contributed by atoms with Gasteiger partial charge in [0.05, 0.1) is 23.4 Å². The van der Waals surface area contributed by atoms with Gasteiger partial charge in [-0.1, -0.05) is 36.9 Å². The average Bonchev–Trinajstić information content (AvgIpc) is 3.55. The number of nitrogens with zero attached hydrogens (tertiary/aromatic N) is 3. The Bertz CT molecular complexity index is 1300. The molecule has 7 nitrogen and oxygen atoms in total. The monoisotopic (exact) mass is 496 g/mol. The highest BCUT2D eigenvalue weighted by atomic mass is 32.2. The van der Waals surface area contributed by atoms with Crippen molar-refractivity contribution in [1.29, 1.82) is 0 Å². The maximum Gasteiger partial charge on any atom is 0.267 e. The summed E-state index contributed by atoms with van der Waals surface area (Å²) in [6, 6.07) is 9.73. The van der Waals surface area contributed by atoms with E-state index in [0.29, 0.717) is 11.1 Å². The lowest BCUT2D eigenvalue weighted by atomic mass is 9.89. The molecule has 1 fully saturated rings. The van der Waals surface area contributed by atoms with E-state index < -0.39 is 0 Å². The number of fused-ring (bicyclic) bond motifs is 3. The van der Waals surface area contributed by atoms with E-state index in [1.807, 2.05) is 30.3 Å². The lowest BCUT2D eigenvalue weighted by Gasteiger charge is -2.18. The first kappa shape index (κ1) is 23.1. The molecule has 2 aliphatic carbocycles. The van der Waals surface area contributed by atoms with Crippen molar-refractivity contribution in [3.05, 3.63) is 51.1 Å². The number of likely N-dealkylation sites (N-methyl/N-ethyl adjacent to an activating group) is 1. The summed E-state index contributed by atoms with van der Waals surface area (Å²) in [4.78, 5) is 46.9. The van der Waals surface area contributed by atoms with E-state index in [4.69, 9.17) is 4.98 Å². The summed E-state index contributed by atoms with van der Waals surface area (Å²) in [5.41, 5.74) is 1.81. The Kier molecular flexibility index (Phi) is 6.48. The summed E-state index contributed by atoms with van der Waals surface area (Å²) in [6.45, 7) is 2.28. The quantitative estimate of drug-likeness (QED) is 0.400. The molecule has 1 atom stereocenters. The fourth-order valence-electron chi connectivity index (χ4n) is 4.31. The standard InChI is InChI=1S/C25H28N4O3S2/c1-15-8-11-18-19(12-15)34-23-22(18)24(32)29(17-6-4-3-5-7-17)25(27-23)33-14-21(31)28(2)13-20(30)26-16-9-10-16/h3-7,15-16H,8-14H2,1-2H3,(H,26,30)/t15-/m1/s1. The maximum atomic E-state index is 13.8. The first-order chi connectivity index (χ1) is 16.4. The fourth-order valence-corrected chi connectivity index (χ4v) is 6.69. The fraction of sp³-hybridized carbons (Fsp3) is 0.440. The van der Waals surface area contributed by atoms with Gasteiger partial charge in [-0.15, -0.1) is 11.3 Å². The molecule has 2 aromatic heterocycles. The molecule has 2 aliphatic rings. The van der Waals surface area contributed by atoms with Crippen molar-refractivity contribution in [2.24, 2.45) is 5.92 Å². The number of carbonyl (C=O) groups is 2. The third-order valence-electron chi connectivity index (χ3n) is 6.39. The number of aromatic nitrogens is 2. The number of rotatable bonds is 7. The first-order valence-corrected chi connectivity index (χ1v) is 13.5. The average molecular weight is 497 g/mol. The molecule has 5 rings (SSSR count). The number of hydrogen-bond acceptors (Lipinski definition) is 6. The van der Waals surface area contributed by atoms with E-state index in [1.165, 1.54) is 21.5 Å². The second-order valence-electron chi connectivity index (χ2n) is 9.28. The van der Waals surface area contributed by atoms with Gasteiger partial charge in [-0.2, -0.15) is 0 Å². The number of thioether (sulfide) groups is 1. The number of amides is 2. The summed E-state index contributed by atoms with van der Waals surface area (Å²) in [5.74, 6) is 0.392. The smallest absolute Gasteiger partial charge is 0.267 e. The van der Waals surface area contributed by atoms with Gasteiger partial charge >= 0.3 is 0 Å². The van der Waals surface area contributed by atoms with E-state index in [9.17, 15) is 14.4 Å². The molecule has 9 heteroatoms. The Labute approximate surface area is 206 Å². The highest BCUT2D eigenvalue weighted by Crippen LogP contribution is 2.37. The van der Waals surface area contributed by atoms with Crippen LogP contribution >= 0.6 is 23.1 Å². The van der Waals surface area contributed by atoms with Gasteiger partial charge < -0.3 is 10.2 Å². The predicted octanol–water partition coefficient (Wildman–Crippen LogP) is 3.40. The van der Waals surface area contributed by atoms with Crippen LogP contribution in [-0.2, 0) is 22.4 Å². The lowest BCUT2D eigenvalue weighted by molar-refractivity contribution is -0.132. The molecule has 0 aliphatic heterocycles. The van der Waals surface area contributed by atoms with Crippen LogP contribution in [0, 0.1) is 5.92 Å². The predicted molar refractivity (Wildman–Crippen MR) is 136 cm³/mol. The minimum atomic E-state index is -0.177. The zero-order valence-corrected chi connectivity index (χ0v) is 21.0. The van der Waals surface area contributed by atoms with Gasteiger partial charge in [0, 0.05) is 18.0 Å². The Morgan fingerprint density at radius 1 is 1.24 bits per heavy atom. The Balaban J connectivity index is 1.44. The Morgan fingerprint density at radius 3 is 2.74 bits per heavy atom. The van der Waals surface area contributed by atoms with E-state index in [0.717, 1.165) is 53.6 Å². The van der Waals surface area contributed by atoms with Crippen LogP contribution < -0.4 is 10.9 Å². The molecule has 1 N–H and O–H groups in total. The highest BCUT2D eigenvalue weighted by molar-refractivity contribution is 7.99. The van der Waals surface area contributed by atoms with Crippen molar-refractivity contribution < 1.29 is 9.59 Å². The molecule has 34 heavy (non-hydrogen) atoms. The Morgan fingerprint density at radius 2 is 2.00 bits per heavy atom. The van der Waals surface area contributed by atoms with E-state index in [2.05, 4.69) is 12.2 Å². The highest BCUT2D eigenvalue weighted by Gasteiger charge is 2.26. The van der Waals surface area contributed by atoms with Gasteiger partial charge in [0.2, 0.25) is 11.8 Å². The van der Waals surface area contributed by atoms with Crippen molar-refractivity contribution in [2.45, 2.75) is 50.2 Å². The summed E-state index contributed by atoms with van der Waals surface area (Å²) >= 11 is 2.85. The lowest BCUT2D eigenvalue weighted by Crippen LogP contribution is -2.39. The van der Waals surface area contributed by atoms with Crippen molar-refractivity contribution >= 4 is 45.1 Å². The number of thiophene rings is 1. The van der Waals surface area contributed by atoms with Gasteiger partial charge in [-0.05, 0) is 55.7 Å². The second-order valence-corrected chi connectivity index (χ2v) is 11.3. The first-order valence-electron chi connectivity index (χ1n) is 11.7. The molecule has 2 amide bonds. The summed E-state index contributed by atoms with van der Waals surface area (Å²) < 4.78 is 1.63. The van der Waals surface area contributed by atoms with Crippen LogP contribution in [-0.4, -0.2) is 51.7 Å². The summed E-state index contributed by atoms with van der Waals surface area (Å²) in [7, 11) is 1.63. The molecule has 2 heterocycles. The van der Waals surface area contributed by atoms with Crippen LogP contribution in [0.2, 0.25) is 0 Å². The molecule has 1 aromatic carbocycles. The minimum Gasteiger partial charge on any atom is -0.352 e. The molecular formula is C25H28N4O3S2. The Hall–Kier alpha value is -2.65. The maximum absolute atomic E-state index is 13.8. The van der Waals surface area contributed by atoms with Crippen molar-refractivity contribution in [2.75, 3.05) is 19.3 Å². The van der Waals surface area contributed by atoms with Gasteiger partial charge in [0.15, 0.2) is 5.16 Å². The number of hydrogen-bond donors (Lipinski definition) is 1. The van der Waals surface area contributed by atoms with Crippen LogP contribution in [0.4, 0.5) is 0 Å². The van der Waals surface area contributed by atoms with Crippen LogP contribution in [0.25, 0.3) is 15.9 Å². The molecule has 0 spiro atoms. The van der Waals surface area contributed by atoms with Crippen molar-refractivity contribution in [3.8, 4) is 5.69 Å².